The molecule has 118 valence electrons. The van der Waals surface area contributed by atoms with Crippen molar-refractivity contribution < 1.29 is 9.47 Å². The summed E-state index contributed by atoms with van der Waals surface area (Å²) in [6, 6.07) is 13.0. The molecule has 2 rings (SSSR count). The molecule has 0 aliphatic carbocycles. The van der Waals surface area contributed by atoms with Gasteiger partial charge in [0, 0.05) is 23.9 Å². The summed E-state index contributed by atoms with van der Waals surface area (Å²) in [5.41, 5.74) is 14.1. The highest BCUT2D eigenvalue weighted by Crippen LogP contribution is 2.23. The molecule has 2 aromatic carbocycles. The molecule has 0 spiro atoms. The van der Waals surface area contributed by atoms with Gasteiger partial charge in [-0.15, -0.1) is 0 Å². The minimum atomic E-state index is -0.343. The van der Waals surface area contributed by atoms with E-state index in [1.54, 1.807) is 6.07 Å². The average Bonchev–Trinajstić information content (AvgIpc) is 2.48. The number of anilines is 2. The van der Waals surface area contributed by atoms with Crippen molar-refractivity contribution in [3.63, 3.8) is 0 Å². The summed E-state index contributed by atoms with van der Waals surface area (Å²) in [6.45, 7) is 4.10. The quantitative estimate of drug-likeness (QED) is 0.595. The molecule has 4 heteroatoms. The Bertz CT molecular complexity index is 614. The number of hydrogen-bond donors (Lipinski definition) is 2. The van der Waals surface area contributed by atoms with Crippen LogP contribution in [0.15, 0.2) is 42.5 Å². The minimum absolute atomic E-state index is 0.343. The molecule has 0 heterocycles. The molecule has 2 aromatic rings. The van der Waals surface area contributed by atoms with Gasteiger partial charge >= 0.3 is 0 Å². The molecule has 4 N–H and O–H groups in total. The topological polar surface area (TPSA) is 70.5 Å². The SMILES string of the molecule is CCCCC(Oc1cccc(N)c1)Oc1ccc(N)c(C)c1. The number of nitrogen functional groups attached to an aromatic ring is 2. The molecule has 0 saturated heterocycles. The van der Waals surface area contributed by atoms with Gasteiger partial charge in [0.1, 0.15) is 11.5 Å². The van der Waals surface area contributed by atoms with E-state index in [9.17, 15) is 0 Å². The zero-order valence-corrected chi connectivity index (χ0v) is 13.2. The number of rotatable bonds is 7. The van der Waals surface area contributed by atoms with Crippen molar-refractivity contribution in [1.82, 2.24) is 0 Å². The highest BCUT2D eigenvalue weighted by Gasteiger charge is 2.13. The van der Waals surface area contributed by atoms with Crippen LogP contribution in [0.2, 0.25) is 0 Å². The predicted molar refractivity (Wildman–Crippen MR) is 91.0 cm³/mol. The van der Waals surface area contributed by atoms with Crippen LogP contribution in [0.3, 0.4) is 0 Å². The van der Waals surface area contributed by atoms with Gasteiger partial charge in [0.15, 0.2) is 0 Å². The summed E-state index contributed by atoms with van der Waals surface area (Å²) in [7, 11) is 0. The Morgan fingerprint density at radius 1 is 1.00 bits per heavy atom. The highest BCUT2D eigenvalue weighted by atomic mass is 16.7. The number of unbranched alkanes of at least 4 members (excludes halogenated alkanes) is 1. The van der Waals surface area contributed by atoms with Gasteiger partial charge < -0.3 is 20.9 Å². The van der Waals surface area contributed by atoms with Gasteiger partial charge in [0.05, 0.1) is 0 Å². The fraction of sp³-hybridized carbons (Fsp3) is 0.333. The van der Waals surface area contributed by atoms with Crippen molar-refractivity contribution in [2.45, 2.75) is 39.4 Å². The van der Waals surface area contributed by atoms with Crippen LogP contribution in [-0.4, -0.2) is 6.29 Å². The predicted octanol–water partition coefficient (Wildman–Crippen LogP) is 4.13. The molecule has 22 heavy (non-hydrogen) atoms. The van der Waals surface area contributed by atoms with E-state index in [-0.39, 0.29) is 6.29 Å². The minimum Gasteiger partial charge on any atom is -0.455 e. The third kappa shape index (κ3) is 4.58. The van der Waals surface area contributed by atoms with Crippen molar-refractivity contribution in [2.24, 2.45) is 0 Å². The zero-order chi connectivity index (χ0) is 15.9. The normalized spacial score (nSPS) is 11.9. The molecule has 1 atom stereocenters. The molecule has 4 nitrogen and oxygen atoms in total. The molecule has 0 fully saturated rings. The van der Waals surface area contributed by atoms with Crippen molar-refractivity contribution in [3.8, 4) is 11.5 Å². The van der Waals surface area contributed by atoms with Crippen molar-refractivity contribution >= 4 is 11.4 Å². The Morgan fingerprint density at radius 2 is 1.73 bits per heavy atom. The van der Waals surface area contributed by atoms with E-state index in [0.717, 1.165) is 36.3 Å². The molecule has 0 saturated carbocycles. The summed E-state index contributed by atoms with van der Waals surface area (Å²) in [5, 5.41) is 0. The van der Waals surface area contributed by atoms with Crippen LogP contribution < -0.4 is 20.9 Å². The molecule has 0 aromatic heterocycles. The van der Waals surface area contributed by atoms with Gasteiger partial charge in [-0.3, -0.25) is 0 Å². The molecule has 1 unspecified atom stereocenters. The number of nitrogens with two attached hydrogens (primary N) is 2. The highest BCUT2D eigenvalue weighted by molar-refractivity contribution is 5.49. The molecule has 0 aliphatic heterocycles. The summed E-state index contributed by atoms with van der Waals surface area (Å²) in [5.74, 6) is 1.48. The van der Waals surface area contributed by atoms with E-state index in [1.165, 1.54) is 0 Å². The molecule has 0 amide bonds. The lowest BCUT2D eigenvalue weighted by Gasteiger charge is -2.21. The van der Waals surface area contributed by atoms with Crippen LogP contribution in [-0.2, 0) is 0 Å². The van der Waals surface area contributed by atoms with E-state index >= 15 is 0 Å². The summed E-state index contributed by atoms with van der Waals surface area (Å²) < 4.78 is 11.9. The van der Waals surface area contributed by atoms with Crippen molar-refractivity contribution in [2.75, 3.05) is 11.5 Å². The van der Waals surface area contributed by atoms with E-state index in [1.807, 2.05) is 43.3 Å². The second kappa shape index (κ2) is 7.59. The number of hydrogen-bond acceptors (Lipinski definition) is 4. The Balaban J connectivity index is 2.09. The first-order valence-electron chi connectivity index (χ1n) is 7.63. The number of benzene rings is 2. The van der Waals surface area contributed by atoms with Gasteiger partial charge in [0.25, 0.3) is 0 Å². The van der Waals surface area contributed by atoms with Crippen LogP contribution in [0.4, 0.5) is 11.4 Å². The number of aryl methyl sites for hydroxylation is 1. The van der Waals surface area contributed by atoms with Crippen LogP contribution in [0.5, 0.6) is 11.5 Å². The third-order valence-corrected chi connectivity index (χ3v) is 3.43. The van der Waals surface area contributed by atoms with Gasteiger partial charge in [-0.1, -0.05) is 19.4 Å². The second-order valence-corrected chi connectivity index (χ2v) is 5.40. The van der Waals surface area contributed by atoms with Crippen LogP contribution >= 0.6 is 0 Å². The Kier molecular flexibility index (Phi) is 5.53. The fourth-order valence-corrected chi connectivity index (χ4v) is 2.13. The van der Waals surface area contributed by atoms with E-state index in [2.05, 4.69) is 6.92 Å². The maximum absolute atomic E-state index is 5.98. The van der Waals surface area contributed by atoms with E-state index in [0.29, 0.717) is 11.4 Å². The van der Waals surface area contributed by atoms with Crippen molar-refractivity contribution in [3.05, 3.63) is 48.0 Å². The van der Waals surface area contributed by atoms with Gasteiger partial charge in [-0.05, 0) is 49.2 Å². The lowest BCUT2D eigenvalue weighted by atomic mass is 10.2. The average molecular weight is 300 g/mol. The number of ether oxygens (including phenoxy) is 2. The first-order chi connectivity index (χ1) is 10.6. The van der Waals surface area contributed by atoms with Crippen LogP contribution in [0, 0.1) is 6.92 Å². The monoisotopic (exact) mass is 300 g/mol. The van der Waals surface area contributed by atoms with Crippen LogP contribution in [0.25, 0.3) is 0 Å². The Labute approximate surface area is 132 Å². The molecular weight excluding hydrogens is 276 g/mol. The van der Waals surface area contributed by atoms with E-state index < -0.39 is 0 Å². The van der Waals surface area contributed by atoms with Gasteiger partial charge in [-0.2, -0.15) is 0 Å². The second-order valence-electron chi connectivity index (χ2n) is 5.40. The Hall–Kier alpha value is -2.36. The largest absolute Gasteiger partial charge is 0.455 e. The lowest BCUT2D eigenvalue weighted by Crippen LogP contribution is -2.24. The molecule has 0 aliphatic rings. The molecule has 0 bridgehead atoms. The summed E-state index contributed by atoms with van der Waals surface area (Å²) >= 11 is 0. The van der Waals surface area contributed by atoms with E-state index in [4.69, 9.17) is 20.9 Å². The summed E-state index contributed by atoms with van der Waals surface area (Å²) in [4.78, 5) is 0. The van der Waals surface area contributed by atoms with Gasteiger partial charge in [0.2, 0.25) is 6.29 Å². The lowest BCUT2D eigenvalue weighted by molar-refractivity contribution is -0.00208. The smallest absolute Gasteiger partial charge is 0.241 e. The van der Waals surface area contributed by atoms with Crippen molar-refractivity contribution in [1.29, 1.82) is 0 Å². The standard InChI is InChI=1S/C18H24N2O2/c1-3-4-8-18(21-15-7-5-6-14(19)12-15)22-16-9-10-17(20)13(2)11-16/h5-7,9-12,18H,3-4,8,19-20H2,1-2H3. The zero-order valence-electron chi connectivity index (χ0n) is 13.2. The maximum Gasteiger partial charge on any atom is 0.241 e. The summed E-state index contributed by atoms with van der Waals surface area (Å²) in [6.07, 6.45) is 2.58. The maximum atomic E-state index is 5.98. The Morgan fingerprint density at radius 3 is 2.36 bits per heavy atom. The van der Waals surface area contributed by atoms with Crippen LogP contribution in [0.1, 0.15) is 31.7 Å². The third-order valence-electron chi connectivity index (χ3n) is 3.43. The van der Waals surface area contributed by atoms with Gasteiger partial charge in [-0.25, -0.2) is 0 Å². The first-order valence-corrected chi connectivity index (χ1v) is 7.63. The molecular formula is C18H24N2O2. The molecule has 0 radical (unpaired) electrons. The fourth-order valence-electron chi connectivity index (χ4n) is 2.13. The first kappa shape index (κ1) is 16.0.